The van der Waals surface area contributed by atoms with Gasteiger partial charge >= 0.3 is 0 Å². The quantitative estimate of drug-likeness (QED) is 0.761. The van der Waals surface area contributed by atoms with Crippen LogP contribution in [0.15, 0.2) is 42.5 Å². The SMILES string of the molecule is Cc1cc(C)cc(N2C(=O)CN(S(C)(=O)=O)CC2(C)C(=O)NCc2ccc(F)cc2)c1. The van der Waals surface area contributed by atoms with Gasteiger partial charge in [0.25, 0.3) is 0 Å². The van der Waals surface area contributed by atoms with Gasteiger partial charge in [0.1, 0.15) is 11.4 Å². The summed E-state index contributed by atoms with van der Waals surface area (Å²) in [6.45, 7) is 4.92. The molecular weight excluding hydrogens is 421 g/mol. The molecule has 1 heterocycles. The Morgan fingerprint density at radius 1 is 1.13 bits per heavy atom. The van der Waals surface area contributed by atoms with Crippen molar-refractivity contribution in [1.82, 2.24) is 9.62 Å². The van der Waals surface area contributed by atoms with Crippen LogP contribution in [-0.4, -0.2) is 49.4 Å². The minimum absolute atomic E-state index is 0.114. The second-order valence-corrected chi connectivity index (χ2v) is 10.2. The number of carbonyl (C=O) groups is 2. The molecule has 31 heavy (non-hydrogen) atoms. The van der Waals surface area contributed by atoms with E-state index < -0.39 is 27.4 Å². The molecule has 2 amide bonds. The van der Waals surface area contributed by atoms with E-state index in [4.69, 9.17) is 0 Å². The van der Waals surface area contributed by atoms with Crippen LogP contribution in [0.1, 0.15) is 23.6 Å². The third kappa shape index (κ3) is 4.94. The van der Waals surface area contributed by atoms with Gasteiger partial charge in [-0.3, -0.25) is 14.5 Å². The lowest BCUT2D eigenvalue weighted by Gasteiger charge is -2.46. The zero-order chi connectivity index (χ0) is 23.0. The summed E-state index contributed by atoms with van der Waals surface area (Å²) in [5, 5.41) is 2.77. The van der Waals surface area contributed by atoms with Gasteiger partial charge in [0.2, 0.25) is 21.8 Å². The van der Waals surface area contributed by atoms with E-state index in [1.165, 1.54) is 17.0 Å². The summed E-state index contributed by atoms with van der Waals surface area (Å²) in [5.74, 6) is -1.37. The molecule has 0 aromatic heterocycles. The highest BCUT2D eigenvalue weighted by atomic mass is 32.2. The van der Waals surface area contributed by atoms with Crippen LogP contribution in [0.2, 0.25) is 0 Å². The third-order valence-corrected chi connectivity index (χ3v) is 6.52. The zero-order valence-electron chi connectivity index (χ0n) is 18.0. The number of nitrogens with one attached hydrogen (secondary N) is 1. The maximum absolute atomic E-state index is 13.3. The first kappa shape index (κ1) is 22.9. The number of sulfonamides is 1. The smallest absolute Gasteiger partial charge is 0.247 e. The Morgan fingerprint density at radius 3 is 2.26 bits per heavy atom. The standard InChI is InChI=1S/C22H26FN3O4S/c1-15-9-16(2)11-19(10-15)26-20(27)13-25(31(4,29)30)14-22(26,3)21(28)24-12-17-5-7-18(23)8-6-17/h5-11H,12-14H2,1-4H3,(H,24,28). The van der Waals surface area contributed by atoms with Gasteiger partial charge in [-0.2, -0.15) is 4.31 Å². The number of nitrogens with zero attached hydrogens (tertiary/aromatic N) is 2. The zero-order valence-corrected chi connectivity index (χ0v) is 18.8. The van der Waals surface area contributed by atoms with Gasteiger partial charge in [0.05, 0.1) is 12.8 Å². The highest BCUT2D eigenvalue weighted by Gasteiger charge is 2.50. The van der Waals surface area contributed by atoms with Crippen molar-refractivity contribution in [1.29, 1.82) is 0 Å². The Morgan fingerprint density at radius 2 is 1.71 bits per heavy atom. The number of benzene rings is 2. The summed E-state index contributed by atoms with van der Waals surface area (Å²) in [6.07, 6.45) is 1.02. The third-order valence-electron chi connectivity index (χ3n) is 5.33. The fraction of sp³-hybridized carbons (Fsp3) is 0.364. The van der Waals surface area contributed by atoms with Crippen molar-refractivity contribution in [3.8, 4) is 0 Å². The van der Waals surface area contributed by atoms with Crippen LogP contribution in [0.4, 0.5) is 10.1 Å². The molecule has 2 aromatic rings. The van der Waals surface area contributed by atoms with Crippen LogP contribution in [0, 0.1) is 19.7 Å². The summed E-state index contributed by atoms with van der Waals surface area (Å²) in [6, 6.07) is 11.2. The van der Waals surface area contributed by atoms with Gasteiger partial charge in [0, 0.05) is 18.8 Å². The number of halogens is 1. The Bertz CT molecular complexity index is 1100. The van der Waals surface area contributed by atoms with E-state index in [-0.39, 0.29) is 25.5 Å². The number of aryl methyl sites for hydroxylation is 2. The van der Waals surface area contributed by atoms with Crippen molar-refractivity contribution in [2.75, 3.05) is 24.2 Å². The van der Waals surface area contributed by atoms with Crippen LogP contribution in [0.3, 0.4) is 0 Å². The number of rotatable bonds is 5. The lowest BCUT2D eigenvalue weighted by Crippen LogP contribution is -2.70. The Hall–Kier alpha value is -2.78. The van der Waals surface area contributed by atoms with Crippen molar-refractivity contribution in [2.45, 2.75) is 32.9 Å². The summed E-state index contributed by atoms with van der Waals surface area (Å²) in [5.41, 5.74) is 1.58. The van der Waals surface area contributed by atoms with Crippen LogP contribution in [0.5, 0.6) is 0 Å². The molecule has 1 atom stereocenters. The summed E-state index contributed by atoms with van der Waals surface area (Å²) >= 11 is 0. The van der Waals surface area contributed by atoms with Crippen molar-refractivity contribution in [2.24, 2.45) is 0 Å². The van der Waals surface area contributed by atoms with E-state index in [1.54, 1.807) is 31.2 Å². The Balaban J connectivity index is 1.98. The van der Waals surface area contributed by atoms with Gasteiger partial charge in [-0.25, -0.2) is 12.8 Å². The molecule has 0 bridgehead atoms. The fourth-order valence-electron chi connectivity index (χ4n) is 3.86. The second-order valence-electron chi connectivity index (χ2n) is 8.19. The van der Waals surface area contributed by atoms with E-state index in [9.17, 15) is 22.4 Å². The van der Waals surface area contributed by atoms with Gasteiger partial charge in [-0.05, 0) is 61.7 Å². The van der Waals surface area contributed by atoms with Gasteiger partial charge in [-0.15, -0.1) is 0 Å². The average Bonchev–Trinajstić information content (AvgIpc) is 2.65. The molecule has 1 aliphatic heterocycles. The van der Waals surface area contributed by atoms with Crippen molar-refractivity contribution in [3.05, 3.63) is 65.0 Å². The van der Waals surface area contributed by atoms with Gasteiger partial charge < -0.3 is 5.32 Å². The van der Waals surface area contributed by atoms with Gasteiger partial charge in [0.15, 0.2) is 0 Å². The van der Waals surface area contributed by atoms with Crippen molar-refractivity contribution in [3.63, 3.8) is 0 Å². The number of hydrogen-bond donors (Lipinski definition) is 1. The minimum atomic E-state index is -3.69. The Kier molecular flexibility index (Phi) is 6.20. The molecule has 166 valence electrons. The topological polar surface area (TPSA) is 86.8 Å². The highest BCUT2D eigenvalue weighted by Crippen LogP contribution is 2.32. The van der Waals surface area contributed by atoms with Gasteiger partial charge in [-0.1, -0.05) is 18.2 Å². The largest absolute Gasteiger partial charge is 0.350 e. The summed E-state index contributed by atoms with van der Waals surface area (Å²) in [4.78, 5) is 27.8. The second kappa shape index (κ2) is 8.39. The molecule has 2 aromatic carbocycles. The minimum Gasteiger partial charge on any atom is -0.350 e. The van der Waals surface area contributed by atoms with Crippen LogP contribution in [0.25, 0.3) is 0 Å². The highest BCUT2D eigenvalue weighted by molar-refractivity contribution is 7.88. The molecule has 0 aliphatic carbocycles. The maximum Gasteiger partial charge on any atom is 0.247 e. The molecule has 1 aliphatic rings. The molecule has 0 spiro atoms. The number of carbonyl (C=O) groups excluding carboxylic acids is 2. The molecule has 1 N–H and O–H groups in total. The van der Waals surface area contributed by atoms with Crippen LogP contribution < -0.4 is 10.2 Å². The van der Waals surface area contributed by atoms with E-state index in [0.29, 0.717) is 11.3 Å². The molecule has 0 saturated carbocycles. The van der Waals surface area contributed by atoms with E-state index in [2.05, 4.69) is 5.32 Å². The molecule has 1 saturated heterocycles. The first-order valence-corrected chi connectivity index (χ1v) is 11.6. The summed E-state index contributed by atoms with van der Waals surface area (Å²) < 4.78 is 38.6. The van der Waals surface area contributed by atoms with E-state index in [1.807, 2.05) is 19.9 Å². The fourth-order valence-corrected chi connectivity index (χ4v) is 4.69. The number of anilines is 1. The van der Waals surface area contributed by atoms with E-state index >= 15 is 0 Å². The molecular formula is C22H26FN3O4S. The number of amides is 2. The lowest BCUT2D eigenvalue weighted by molar-refractivity contribution is -0.133. The van der Waals surface area contributed by atoms with Crippen molar-refractivity contribution >= 4 is 27.5 Å². The molecule has 9 heteroatoms. The molecule has 1 unspecified atom stereocenters. The molecule has 3 rings (SSSR count). The lowest BCUT2D eigenvalue weighted by atomic mass is 9.93. The predicted molar refractivity (Wildman–Crippen MR) is 116 cm³/mol. The first-order valence-electron chi connectivity index (χ1n) is 9.79. The van der Waals surface area contributed by atoms with Crippen LogP contribution in [-0.2, 0) is 26.2 Å². The molecule has 1 fully saturated rings. The number of hydrogen-bond acceptors (Lipinski definition) is 4. The van der Waals surface area contributed by atoms with Crippen molar-refractivity contribution < 1.29 is 22.4 Å². The summed E-state index contributed by atoms with van der Waals surface area (Å²) in [7, 11) is -3.69. The normalized spacial score (nSPS) is 20.0. The monoisotopic (exact) mass is 447 g/mol. The number of piperazine rings is 1. The van der Waals surface area contributed by atoms with E-state index in [0.717, 1.165) is 21.7 Å². The first-order chi connectivity index (χ1) is 14.4. The predicted octanol–water partition coefficient (Wildman–Crippen LogP) is 2.13. The molecule has 0 radical (unpaired) electrons. The Labute approximate surface area is 181 Å². The van der Waals surface area contributed by atoms with Crippen LogP contribution >= 0.6 is 0 Å². The average molecular weight is 448 g/mol. The maximum atomic E-state index is 13.3. The molecule has 7 nitrogen and oxygen atoms in total.